The third-order valence-corrected chi connectivity index (χ3v) is 3.00. The fraction of sp³-hybridized carbons (Fsp3) is 0.462. The summed E-state index contributed by atoms with van der Waals surface area (Å²) in [6, 6.07) is 8.07. The molecule has 1 aromatic rings. The van der Waals surface area contributed by atoms with E-state index in [1.807, 2.05) is 12.1 Å². The van der Waals surface area contributed by atoms with Gasteiger partial charge in [-0.3, -0.25) is 0 Å². The van der Waals surface area contributed by atoms with Gasteiger partial charge in [-0.15, -0.1) is 0 Å². The van der Waals surface area contributed by atoms with Gasteiger partial charge in [0.1, 0.15) is 11.8 Å². The van der Waals surface area contributed by atoms with Crippen molar-refractivity contribution in [3.05, 3.63) is 23.8 Å². The molecule has 2 rings (SSSR count). The molecule has 0 bridgehead atoms. The second kappa shape index (κ2) is 5.55. The lowest BCUT2D eigenvalue weighted by atomic mass is 10.1. The number of ether oxygens (including phenoxy) is 1. The summed E-state index contributed by atoms with van der Waals surface area (Å²) in [6.07, 6.45) is 2.30. The van der Waals surface area contributed by atoms with Crippen molar-refractivity contribution in [1.82, 2.24) is 5.32 Å². The molecule has 1 aliphatic rings. The quantitative estimate of drug-likeness (QED) is 0.831. The van der Waals surface area contributed by atoms with Crippen molar-refractivity contribution in [3.63, 3.8) is 0 Å². The number of methoxy groups -OCH3 is 1. The van der Waals surface area contributed by atoms with E-state index in [1.165, 1.54) is 6.42 Å². The molecular formula is C13H17N3O. The Hall–Kier alpha value is -1.73. The van der Waals surface area contributed by atoms with Crippen molar-refractivity contribution in [3.8, 4) is 11.8 Å². The highest BCUT2D eigenvalue weighted by molar-refractivity contribution is 5.60. The van der Waals surface area contributed by atoms with Crippen LogP contribution in [0.1, 0.15) is 18.4 Å². The molecule has 90 valence electrons. The normalized spacial score (nSPS) is 19.4. The molecule has 4 heteroatoms. The molecule has 0 aromatic heterocycles. The van der Waals surface area contributed by atoms with E-state index < -0.39 is 0 Å². The topological polar surface area (TPSA) is 57.1 Å². The van der Waals surface area contributed by atoms with Crippen LogP contribution in [0, 0.1) is 11.3 Å². The number of anilines is 1. The number of nitriles is 1. The van der Waals surface area contributed by atoms with Gasteiger partial charge < -0.3 is 15.4 Å². The summed E-state index contributed by atoms with van der Waals surface area (Å²) >= 11 is 0. The summed E-state index contributed by atoms with van der Waals surface area (Å²) in [5.41, 5.74) is 1.52. The molecule has 1 fully saturated rings. The van der Waals surface area contributed by atoms with E-state index in [2.05, 4.69) is 16.7 Å². The van der Waals surface area contributed by atoms with Crippen LogP contribution in [0.5, 0.6) is 5.75 Å². The Morgan fingerprint density at radius 1 is 1.53 bits per heavy atom. The SMILES string of the molecule is COc1ccc(C#N)c(NC2CCCNC2)c1. The third-order valence-electron chi connectivity index (χ3n) is 3.00. The minimum Gasteiger partial charge on any atom is -0.497 e. The van der Waals surface area contributed by atoms with Crippen molar-refractivity contribution in [2.75, 3.05) is 25.5 Å². The van der Waals surface area contributed by atoms with Crippen LogP contribution >= 0.6 is 0 Å². The zero-order chi connectivity index (χ0) is 12.1. The third kappa shape index (κ3) is 2.89. The second-order valence-corrected chi connectivity index (χ2v) is 4.21. The molecule has 0 amide bonds. The number of hydrogen-bond donors (Lipinski definition) is 2. The molecular weight excluding hydrogens is 214 g/mol. The van der Waals surface area contributed by atoms with Crippen LogP contribution in [-0.2, 0) is 0 Å². The Kier molecular flexibility index (Phi) is 3.84. The van der Waals surface area contributed by atoms with E-state index in [0.29, 0.717) is 11.6 Å². The highest BCUT2D eigenvalue weighted by atomic mass is 16.5. The first-order valence-electron chi connectivity index (χ1n) is 5.89. The zero-order valence-electron chi connectivity index (χ0n) is 9.99. The molecule has 1 aromatic carbocycles. The van der Waals surface area contributed by atoms with E-state index >= 15 is 0 Å². The molecule has 2 N–H and O–H groups in total. The summed E-state index contributed by atoms with van der Waals surface area (Å²) in [6.45, 7) is 2.03. The lowest BCUT2D eigenvalue weighted by Gasteiger charge is -2.25. The minimum absolute atomic E-state index is 0.392. The molecule has 1 heterocycles. The van der Waals surface area contributed by atoms with Crippen molar-refractivity contribution >= 4 is 5.69 Å². The molecule has 0 spiro atoms. The van der Waals surface area contributed by atoms with Crippen LogP contribution in [-0.4, -0.2) is 26.2 Å². The number of rotatable bonds is 3. The molecule has 0 saturated carbocycles. The minimum atomic E-state index is 0.392. The maximum atomic E-state index is 9.07. The Morgan fingerprint density at radius 2 is 2.41 bits per heavy atom. The van der Waals surface area contributed by atoms with Crippen LogP contribution in [0.25, 0.3) is 0 Å². The molecule has 0 radical (unpaired) electrons. The first-order valence-corrected chi connectivity index (χ1v) is 5.89. The average molecular weight is 231 g/mol. The second-order valence-electron chi connectivity index (χ2n) is 4.21. The molecule has 1 saturated heterocycles. The van der Waals surface area contributed by atoms with Crippen LogP contribution in [0.15, 0.2) is 18.2 Å². The van der Waals surface area contributed by atoms with Gasteiger partial charge in [0.25, 0.3) is 0 Å². The number of benzene rings is 1. The zero-order valence-corrected chi connectivity index (χ0v) is 9.99. The van der Waals surface area contributed by atoms with Crippen molar-refractivity contribution < 1.29 is 4.74 Å². The lowest BCUT2D eigenvalue weighted by Crippen LogP contribution is -2.38. The lowest BCUT2D eigenvalue weighted by molar-refractivity contribution is 0.414. The van der Waals surface area contributed by atoms with Crippen LogP contribution in [0.4, 0.5) is 5.69 Å². The summed E-state index contributed by atoms with van der Waals surface area (Å²) in [5, 5.41) is 15.8. The highest BCUT2D eigenvalue weighted by Gasteiger charge is 2.14. The summed E-state index contributed by atoms with van der Waals surface area (Å²) < 4.78 is 5.18. The van der Waals surface area contributed by atoms with E-state index in [-0.39, 0.29) is 0 Å². The Balaban J connectivity index is 2.14. The van der Waals surface area contributed by atoms with E-state index in [4.69, 9.17) is 10.00 Å². The van der Waals surface area contributed by atoms with E-state index in [9.17, 15) is 0 Å². The maximum absolute atomic E-state index is 9.07. The number of piperidine rings is 1. The fourth-order valence-corrected chi connectivity index (χ4v) is 2.06. The Morgan fingerprint density at radius 3 is 3.06 bits per heavy atom. The van der Waals surface area contributed by atoms with Crippen molar-refractivity contribution in [2.45, 2.75) is 18.9 Å². The summed E-state index contributed by atoms with van der Waals surface area (Å²) in [4.78, 5) is 0. The Bertz CT molecular complexity index is 419. The first kappa shape index (κ1) is 11.7. The predicted octanol–water partition coefficient (Wildman–Crippen LogP) is 1.73. The van der Waals surface area contributed by atoms with Gasteiger partial charge in [0, 0.05) is 18.7 Å². The number of nitrogens with one attached hydrogen (secondary N) is 2. The summed E-state index contributed by atoms with van der Waals surface area (Å²) in [5.74, 6) is 0.773. The van der Waals surface area contributed by atoms with E-state index in [0.717, 1.165) is 30.9 Å². The van der Waals surface area contributed by atoms with Gasteiger partial charge in [0.05, 0.1) is 18.4 Å². The van der Waals surface area contributed by atoms with Gasteiger partial charge in [-0.2, -0.15) is 5.26 Å². The molecule has 1 aliphatic heterocycles. The largest absolute Gasteiger partial charge is 0.497 e. The monoisotopic (exact) mass is 231 g/mol. The van der Waals surface area contributed by atoms with Crippen LogP contribution < -0.4 is 15.4 Å². The molecule has 17 heavy (non-hydrogen) atoms. The molecule has 1 unspecified atom stereocenters. The van der Waals surface area contributed by atoms with Crippen LogP contribution in [0.2, 0.25) is 0 Å². The van der Waals surface area contributed by atoms with Crippen LogP contribution in [0.3, 0.4) is 0 Å². The maximum Gasteiger partial charge on any atom is 0.121 e. The highest BCUT2D eigenvalue weighted by Crippen LogP contribution is 2.23. The first-order chi connectivity index (χ1) is 8.33. The molecule has 0 aliphatic carbocycles. The van der Waals surface area contributed by atoms with Gasteiger partial charge in [0.2, 0.25) is 0 Å². The molecule has 4 nitrogen and oxygen atoms in total. The van der Waals surface area contributed by atoms with Gasteiger partial charge in [0.15, 0.2) is 0 Å². The number of hydrogen-bond acceptors (Lipinski definition) is 4. The van der Waals surface area contributed by atoms with Gasteiger partial charge in [-0.05, 0) is 31.5 Å². The number of nitrogens with zero attached hydrogens (tertiary/aromatic N) is 1. The van der Waals surface area contributed by atoms with E-state index in [1.54, 1.807) is 13.2 Å². The summed E-state index contributed by atoms with van der Waals surface area (Å²) in [7, 11) is 1.63. The van der Waals surface area contributed by atoms with Crippen molar-refractivity contribution in [1.29, 1.82) is 5.26 Å². The Labute approximate surface area is 102 Å². The predicted molar refractivity (Wildman–Crippen MR) is 67.2 cm³/mol. The smallest absolute Gasteiger partial charge is 0.121 e. The van der Waals surface area contributed by atoms with Crippen molar-refractivity contribution in [2.24, 2.45) is 0 Å². The van der Waals surface area contributed by atoms with Gasteiger partial charge >= 0.3 is 0 Å². The standard InChI is InChI=1S/C13H17N3O/c1-17-12-5-4-10(8-14)13(7-12)16-11-3-2-6-15-9-11/h4-5,7,11,15-16H,2-3,6,9H2,1H3. The molecule has 1 atom stereocenters. The fourth-order valence-electron chi connectivity index (χ4n) is 2.06. The van der Waals surface area contributed by atoms with Gasteiger partial charge in [-0.25, -0.2) is 0 Å². The van der Waals surface area contributed by atoms with Gasteiger partial charge in [-0.1, -0.05) is 0 Å². The average Bonchev–Trinajstić information content (AvgIpc) is 2.40.